The van der Waals surface area contributed by atoms with Gasteiger partial charge < -0.3 is 10.2 Å². The van der Waals surface area contributed by atoms with Crippen LogP contribution in [0, 0.1) is 0 Å². The number of hydrogen-bond donors (Lipinski definition) is 1. The highest BCUT2D eigenvalue weighted by Gasteiger charge is 2.27. The Kier molecular flexibility index (Phi) is 3.51. The summed E-state index contributed by atoms with van der Waals surface area (Å²) >= 11 is 1.67. The molecule has 2 heterocycles. The normalized spacial score (nSPS) is 20.4. The average Bonchev–Trinajstić information content (AvgIpc) is 2.99. The number of rotatable bonds is 1. The summed E-state index contributed by atoms with van der Waals surface area (Å²) in [6.45, 7) is 4.70. The van der Waals surface area contributed by atoms with Gasteiger partial charge in [-0.3, -0.25) is 4.79 Å². The van der Waals surface area contributed by atoms with E-state index < -0.39 is 0 Å². The number of benzene rings is 1. The minimum Gasteiger partial charge on any atom is -0.333 e. The number of nitrogens with one attached hydrogen (secondary N) is 1. The molecular formula is C18H20N2OS. The smallest absolute Gasteiger partial charge is 0.264 e. The molecule has 4 heteroatoms. The molecule has 3 nitrogen and oxygen atoms in total. The topological polar surface area (TPSA) is 32.3 Å². The maximum atomic E-state index is 12.8. The van der Waals surface area contributed by atoms with Gasteiger partial charge in [0.1, 0.15) is 0 Å². The van der Waals surface area contributed by atoms with E-state index in [2.05, 4.69) is 42.6 Å². The molecule has 1 aromatic heterocycles. The van der Waals surface area contributed by atoms with E-state index in [1.807, 2.05) is 4.90 Å². The van der Waals surface area contributed by atoms with Crippen molar-refractivity contribution in [3.05, 3.63) is 46.3 Å². The fourth-order valence-electron chi connectivity index (χ4n) is 3.46. The van der Waals surface area contributed by atoms with Gasteiger partial charge in [-0.2, -0.15) is 0 Å². The summed E-state index contributed by atoms with van der Waals surface area (Å²) in [4.78, 5) is 17.1. The average molecular weight is 312 g/mol. The number of thiophene rings is 1. The van der Waals surface area contributed by atoms with E-state index >= 15 is 0 Å². The first-order chi connectivity index (χ1) is 10.7. The first-order valence-corrected chi connectivity index (χ1v) is 8.78. The molecule has 1 aromatic carbocycles. The third kappa shape index (κ3) is 2.27. The Bertz CT molecular complexity index is 722. The van der Waals surface area contributed by atoms with Crippen LogP contribution in [0.4, 0.5) is 0 Å². The zero-order valence-electron chi connectivity index (χ0n) is 12.8. The summed E-state index contributed by atoms with van der Waals surface area (Å²) in [5, 5.41) is 3.34. The van der Waals surface area contributed by atoms with Crippen LogP contribution in [0.3, 0.4) is 0 Å². The van der Waals surface area contributed by atoms with Crippen LogP contribution in [0.2, 0.25) is 0 Å². The number of carbonyl (C=O) groups excluding carboxylic acids is 1. The van der Waals surface area contributed by atoms with Crippen LogP contribution in [0.15, 0.2) is 30.3 Å². The van der Waals surface area contributed by atoms with Gasteiger partial charge in [-0.1, -0.05) is 24.3 Å². The van der Waals surface area contributed by atoms with Crippen molar-refractivity contribution in [2.24, 2.45) is 0 Å². The van der Waals surface area contributed by atoms with Crippen LogP contribution in [0.5, 0.6) is 0 Å². The van der Waals surface area contributed by atoms with E-state index in [-0.39, 0.29) is 11.9 Å². The number of fused-ring (bicyclic) bond motifs is 3. The highest BCUT2D eigenvalue weighted by atomic mass is 32.1. The summed E-state index contributed by atoms with van der Waals surface area (Å²) in [6.07, 6.45) is 2.13. The molecule has 2 aliphatic rings. The van der Waals surface area contributed by atoms with Crippen molar-refractivity contribution in [3.8, 4) is 10.4 Å². The second-order valence-electron chi connectivity index (χ2n) is 6.17. The molecule has 22 heavy (non-hydrogen) atoms. The van der Waals surface area contributed by atoms with E-state index in [0.717, 1.165) is 37.4 Å². The van der Waals surface area contributed by atoms with Crippen molar-refractivity contribution in [1.29, 1.82) is 0 Å². The quantitative estimate of drug-likeness (QED) is 0.878. The van der Waals surface area contributed by atoms with Gasteiger partial charge in [0.05, 0.1) is 4.88 Å². The molecule has 1 fully saturated rings. The fraction of sp³-hybridized carbons (Fsp3) is 0.389. The molecule has 0 bridgehead atoms. The largest absolute Gasteiger partial charge is 0.333 e. The van der Waals surface area contributed by atoms with Gasteiger partial charge in [-0.25, -0.2) is 0 Å². The number of carbonyl (C=O) groups is 1. The molecule has 1 unspecified atom stereocenters. The van der Waals surface area contributed by atoms with E-state index in [9.17, 15) is 4.79 Å². The maximum absolute atomic E-state index is 12.8. The van der Waals surface area contributed by atoms with E-state index in [1.54, 1.807) is 11.3 Å². The Hall–Kier alpha value is -1.65. The van der Waals surface area contributed by atoms with Crippen LogP contribution < -0.4 is 5.32 Å². The van der Waals surface area contributed by atoms with Gasteiger partial charge >= 0.3 is 0 Å². The summed E-state index contributed by atoms with van der Waals surface area (Å²) in [5.74, 6) is 0.200. The molecule has 0 saturated carbocycles. The lowest BCUT2D eigenvalue weighted by Crippen LogP contribution is -2.52. The lowest BCUT2D eigenvalue weighted by Gasteiger charge is -2.33. The van der Waals surface area contributed by atoms with Gasteiger partial charge in [0.25, 0.3) is 5.91 Å². The Morgan fingerprint density at radius 3 is 2.95 bits per heavy atom. The van der Waals surface area contributed by atoms with Gasteiger partial charge in [0.2, 0.25) is 0 Å². The Labute approximate surface area is 135 Å². The second-order valence-corrected chi connectivity index (χ2v) is 7.23. The number of hydrogen-bond acceptors (Lipinski definition) is 3. The van der Waals surface area contributed by atoms with Crippen molar-refractivity contribution in [1.82, 2.24) is 10.2 Å². The van der Waals surface area contributed by atoms with E-state index in [0.29, 0.717) is 0 Å². The van der Waals surface area contributed by atoms with Crippen molar-refractivity contribution >= 4 is 17.2 Å². The molecule has 0 spiro atoms. The predicted molar refractivity (Wildman–Crippen MR) is 90.5 cm³/mol. The molecule has 114 valence electrons. The van der Waals surface area contributed by atoms with E-state index in [4.69, 9.17) is 0 Å². The van der Waals surface area contributed by atoms with E-state index in [1.165, 1.54) is 21.6 Å². The molecule has 0 radical (unpaired) electrons. The van der Waals surface area contributed by atoms with Crippen LogP contribution in [-0.2, 0) is 12.8 Å². The molecule has 1 aliphatic carbocycles. The summed E-state index contributed by atoms with van der Waals surface area (Å²) in [6, 6.07) is 11.0. The zero-order valence-corrected chi connectivity index (χ0v) is 13.6. The van der Waals surface area contributed by atoms with Crippen molar-refractivity contribution in [3.63, 3.8) is 0 Å². The molecule has 1 atom stereocenters. The SMILES string of the molecule is CC1CNCCN1C(=O)c1cc2c(s1)-c1ccccc1CC2. The summed E-state index contributed by atoms with van der Waals surface area (Å²) in [5.41, 5.74) is 4.07. The molecule has 2 aromatic rings. The van der Waals surface area contributed by atoms with Gasteiger partial charge in [-0.05, 0) is 42.5 Å². The molecule has 4 rings (SSSR count). The molecule has 1 amide bonds. The third-order valence-electron chi connectivity index (χ3n) is 4.71. The van der Waals surface area contributed by atoms with Gasteiger partial charge in [0.15, 0.2) is 0 Å². The lowest BCUT2D eigenvalue weighted by atomic mass is 9.91. The molecule has 1 aliphatic heterocycles. The van der Waals surface area contributed by atoms with Crippen molar-refractivity contribution in [2.45, 2.75) is 25.8 Å². The molecular weight excluding hydrogens is 292 g/mol. The van der Waals surface area contributed by atoms with Gasteiger partial charge in [-0.15, -0.1) is 11.3 Å². The molecule has 1 N–H and O–H groups in total. The van der Waals surface area contributed by atoms with Crippen LogP contribution in [0.25, 0.3) is 10.4 Å². The monoisotopic (exact) mass is 312 g/mol. The fourth-order valence-corrected chi connectivity index (χ4v) is 4.69. The van der Waals surface area contributed by atoms with Gasteiger partial charge in [0, 0.05) is 30.6 Å². The lowest BCUT2D eigenvalue weighted by molar-refractivity contribution is 0.0661. The Balaban J connectivity index is 1.68. The second kappa shape index (κ2) is 5.52. The highest BCUT2D eigenvalue weighted by molar-refractivity contribution is 7.17. The summed E-state index contributed by atoms with van der Waals surface area (Å²) in [7, 11) is 0. The van der Waals surface area contributed by atoms with Crippen molar-refractivity contribution in [2.75, 3.05) is 19.6 Å². The van der Waals surface area contributed by atoms with Crippen LogP contribution in [0.1, 0.15) is 27.7 Å². The highest BCUT2D eigenvalue weighted by Crippen LogP contribution is 2.39. The number of piperazine rings is 1. The third-order valence-corrected chi connectivity index (χ3v) is 5.91. The van der Waals surface area contributed by atoms with Crippen LogP contribution >= 0.6 is 11.3 Å². The first kappa shape index (κ1) is 14.0. The minimum atomic E-state index is 0.200. The summed E-state index contributed by atoms with van der Waals surface area (Å²) < 4.78 is 0. The number of nitrogens with zero attached hydrogens (tertiary/aromatic N) is 1. The first-order valence-electron chi connectivity index (χ1n) is 7.96. The standard InChI is InChI=1S/C18H20N2OS/c1-12-11-19-8-9-20(12)18(21)16-10-14-7-6-13-4-2-3-5-15(13)17(14)22-16/h2-5,10,12,19H,6-9,11H2,1H3. The minimum absolute atomic E-state index is 0.200. The maximum Gasteiger partial charge on any atom is 0.264 e. The zero-order chi connectivity index (χ0) is 15.1. The predicted octanol–water partition coefficient (Wildman–Crippen LogP) is 2.95. The van der Waals surface area contributed by atoms with Crippen LogP contribution in [-0.4, -0.2) is 36.5 Å². The number of amides is 1. The molecule has 1 saturated heterocycles. The number of aryl methyl sites for hydroxylation is 2. The van der Waals surface area contributed by atoms with Crippen molar-refractivity contribution < 1.29 is 4.79 Å². The Morgan fingerprint density at radius 1 is 1.27 bits per heavy atom. The Morgan fingerprint density at radius 2 is 2.09 bits per heavy atom.